The summed E-state index contributed by atoms with van der Waals surface area (Å²) in [6.07, 6.45) is 2.19. The van der Waals surface area contributed by atoms with Gasteiger partial charge >= 0.3 is 0 Å². The summed E-state index contributed by atoms with van der Waals surface area (Å²) in [5.74, 6) is 1.31. The van der Waals surface area contributed by atoms with Crippen molar-refractivity contribution in [1.82, 2.24) is 9.38 Å². The van der Waals surface area contributed by atoms with E-state index in [0.29, 0.717) is 11.4 Å². The lowest BCUT2D eigenvalue weighted by atomic mass is 10.1. The number of carbonyl (C=O) groups excluding carboxylic acids is 1. The molecule has 28 heavy (non-hydrogen) atoms. The van der Waals surface area contributed by atoms with Crippen LogP contribution in [0, 0.1) is 0 Å². The van der Waals surface area contributed by atoms with Crippen LogP contribution in [0.25, 0.3) is 16.2 Å². The van der Waals surface area contributed by atoms with Crippen molar-refractivity contribution < 1.29 is 14.3 Å². The van der Waals surface area contributed by atoms with Crippen LogP contribution in [0.1, 0.15) is 5.69 Å². The van der Waals surface area contributed by atoms with Gasteiger partial charge in [-0.25, -0.2) is 4.98 Å². The summed E-state index contributed by atoms with van der Waals surface area (Å²) in [5, 5.41) is 4.87. The Bertz CT molecular complexity index is 1130. The number of hydrogen-bond acceptors (Lipinski definition) is 5. The molecule has 1 amide bonds. The minimum Gasteiger partial charge on any atom is -0.497 e. The Morgan fingerprint density at radius 1 is 1.14 bits per heavy atom. The summed E-state index contributed by atoms with van der Waals surface area (Å²) in [6.45, 7) is 0. The van der Waals surface area contributed by atoms with E-state index in [9.17, 15) is 4.79 Å². The molecule has 0 aliphatic heterocycles. The third-order valence-electron chi connectivity index (χ3n) is 4.37. The van der Waals surface area contributed by atoms with Crippen molar-refractivity contribution in [2.45, 2.75) is 6.42 Å². The first-order valence-electron chi connectivity index (χ1n) is 8.70. The molecule has 4 aromatic rings. The largest absolute Gasteiger partial charge is 0.497 e. The Balaban J connectivity index is 1.56. The predicted molar refractivity (Wildman–Crippen MR) is 110 cm³/mol. The van der Waals surface area contributed by atoms with Gasteiger partial charge in [-0.15, -0.1) is 11.3 Å². The molecule has 0 aliphatic carbocycles. The molecule has 1 N–H and O–H groups in total. The highest BCUT2D eigenvalue weighted by molar-refractivity contribution is 7.15. The highest BCUT2D eigenvalue weighted by Gasteiger charge is 2.14. The van der Waals surface area contributed by atoms with E-state index in [0.717, 1.165) is 27.7 Å². The number of nitrogens with zero attached hydrogens (tertiary/aromatic N) is 2. The number of nitrogens with one attached hydrogen (secondary N) is 1. The molecule has 0 atom stereocenters. The molecule has 0 bridgehead atoms. The van der Waals surface area contributed by atoms with E-state index in [2.05, 4.69) is 10.3 Å². The van der Waals surface area contributed by atoms with Gasteiger partial charge in [-0.1, -0.05) is 24.3 Å². The molecule has 4 rings (SSSR count). The lowest BCUT2D eigenvalue weighted by Gasteiger charge is -2.09. The van der Waals surface area contributed by atoms with E-state index in [1.807, 2.05) is 64.5 Å². The third-order valence-corrected chi connectivity index (χ3v) is 5.26. The monoisotopic (exact) mass is 393 g/mol. The maximum Gasteiger partial charge on any atom is 0.230 e. The fourth-order valence-corrected chi connectivity index (χ4v) is 3.86. The summed E-state index contributed by atoms with van der Waals surface area (Å²) >= 11 is 1.51. The zero-order valence-electron chi connectivity index (χ0n) is 15.5. The zero-order chi connectivity index (χ0) is 19.5. The first kappa shape index (κ1) is 18.1. The first-order valence-corrected chi connectivity index (χ1v) is 9.58. The number of hydrogen-bond donors (Lipinski definition) is 1. The Morgan fingerprint density at radius 2 is 2.00 bits per heavy atom. The second-order valence-corrected chi connectivity index (χ2v) is 7.00. The Kier molecular flexibility index (Phi) is 4.99. The molecular formula is C21H19N3O3S. The maximum absolute atomic E-state index is 12.5. The van der Waals surface area contributed by atoms with Crippen LogP contribution in [0.4, 0.5) is 5.69 Å². The maximum atomic E-state index is 12.5. The van der Waals surface area contributed by atoms with E-state index in [-0.39, 0.29) is 12.3 Å². The number of anilines is 1. The van der Waals surface area contributed by atoms with Crippen molar-refractivity contribution >= 4 is 27.9 Å². The van der Waals surface area contributed by atoms with Gasteiger partial charge in [-0.05, 0) is 24.3 Å². The van der Waals surface area contributed by atoms with E-state index >= 15 is 0 Å². The fraction of sp³-hybridized carbons (Fsp3) is 0.143. The van der Waals surface area contributed by atoms with Gasteiger partial charge < -0.3 is 14.8 Å². The van der Waals surface area contributed by atoms with Crippen LogP contribution < -0.4 is 14.8 Å². The molecule has 2 aromatic carbocycles. The van der Waals surface area contributed by atoms with Crippen molar-refractivity contribution in [2.75, 3.05) is 19.5 Å². The number of rotatable bonds is 6. The summed E-state index contributed by atoms with van der Waals surface area (Å²) in [7, 11) is 3.22. The van der Waals surface area contributed by atoms with Gasteiger partial charge in [0.05, 0.1) is 32.0 Å². The minimum absolute atomic E-state index is 0.110. The highest BCUT2D eigenvalue weighted by atomic mass is 32.1. The SMILES string of the molecule is COc1cccc(-c2cn3c(CC(=O)Nc4ccccc4OC)csc3n2)c1. The topological polar surface area (TPSA) is 64.9 Å². The minimum atomic E-state index is -0.110. The van der Waals surface area contributed by atoms with Crippen LogP contribution in [0.5, 0.6) is 11.5 Å². The number of methoxy groups -OCH3 is 2. The predicted octanol–water partition coefficient (Wildman–Crippen LogP) is 4.26. The molecule has 142 valence electrons. The van der Waals surface area contributed by atoms with Crippen LogP contribution in [0.2, 0.25) is 0 Å². The number of para-hydroxylation sites is 2. The summed E-state index contributed by atoms with van der Waals surface area (Å²) < 4.78 is 12.5. The highest BCUT2D eigenvalue weighted by Crippen LogP contribution is 2.27. The van der Waals surface area contributed by atoms with E-state index in [1.165, 1.54) is 11.3 Å². The molecule has 0 fully saturated rings. The summed E-state index contributed by atoms with van der Waals surface area (Å²) in [5.41, 5.74) is 3.36. The van der Waals surface area contributed by atoms with Crippen LogP contribution >= 0.6 is 11.3 Å². The van der Waals surface area contributed by atoms with Crippen molar-refractivity contribution in [3.63, 3.8) is 0 Å². The fourth-order valence-electron chi connectivity index (χ4n) is 2.98. The molecule has 7 heteroatoms. The van der Waals surface area contributed by atoms with Gasteiger partial charge in [0.25, 0.3) is 0 Å². The van der Waals surface area contributed by atoms with Gasteiger partial charge in [0, 0.05) is 22.8 Å². The molecule has 0 radical (unpaired) electrons. The lowest BCUT2D eigenvalue weighted by molar-refractivity contribution is -0.115. The molecule has 2 heterocycles. The average molecular weight is 393 g/mol. The molecule has 0 saturated heterocycles. The number of benzene rings is 2. The van der Waals surface area contributed by atoms with E-state index in [1.54, 1.807) is 14.2 Å². The summed E-state index contributed by atoms with van der Waals surface area (Å²) in [6, 6.07) is 15.1. The van der Waals surface area contributed by atoms with Crippen molar-refractivity contribution in [3.05, 3.63) is 65.8 Å². The number of imidazole rings is 1. The normalized spacial score (nSPS) is 10.8. The van der Waals surface area contributed by atoms with Crippen molar-refractivity contribution in [3.8, 4) is 22.8 Å². The standard InChI is InChI=1S/C21H19N3O3S/c1-26-16-7-5-6-14(10-16)18-12-24-15(13-28-21(24)23-18)11-20(25)22-17-8-3-4-9-19(17)27-2/h3-10,12-13H,11H2,1-2H3,(H,22,25). The summed E-state index contributed by atoms with van der Waals surface area (Å²) in [4.78, 5) is 18.1. The lowest BCUT2D eigenvalue weighted by Crippen LogP contribution is -2.15. The second-order valence-electron chi connectivity index (χ2n) is 6.16. The zero-order valence-corrected chi connectivity index (χ0v) is 16.3. The molecule has 0 spiro atoms. The molecular weight excluding hydrogens is 374 g/mol. The van der Waals surface area contributed by atoms with Gasteiger partial charge in [0.15, 0.2) is 4.96 Å². The van der Waals surface area contributed by atoms with Crippen LogP contribution in [0.3, 0.4) is 0 Å². The van der Waals surface area contributed by atoms with Crippen molar-refractivity contribution in [1.29, 1.82) is 0 Å². The first-order chi connectivity index (χ1) is 13.7. The number of fused-ring (bicyclic) bond motifs is 1. The molecule has 0 saturated carbocycles. The van der Waals surface area contributed by atoms with E-state index < -0.39 is 0 Å². The molecule has 0 aliphatic rings. The van der Waals surface area contributed by atoms with E-state index in [4.69, 9.17) is 9.47 Å². The quantitative estimate of drug-likeness (QED) is 0.532. The number of ether oxygens (including phenoxy) is 2. The smallest absolute Gasteiger partial charge is 0.230 e. The van der Waals surface area contributed by atoms with Crippen LogP contribution in [-0.4, -0.2) is 29.5 Å². The number of carbonyl (C=O) groups is 1. The average Bonchev–Trinajstić information content (AvgIpc) is 3.30. The molecule has 6 nitrogen and oxygen atoms in total. The Labute approximate surface area is 166 Å². The van der Waals surface area contributed by atoms with Crippen LogP contribution in [0.15, 0.2) is 60.1 Å². The third kappa shape index (κ3) is 3.57. The molecule has 2 aromatic heterocycles. The van der Waals surface area contributed by atoms with Crippen molar-refractivity contribution in [2.24, 2.45) is 0 Å². The van der Waals surface area contributed by atoms with Gasteiger partial charge in [-0.3, -0.25) is 9.20 Å². The number of amides is 1. The Hall–Kier alpha value is -3.32. The molecule has 0 unspecified atom stereocenters. The Morgan fingerprint density at radius 3 is 2.82 bits per heavy atom. The number of aromatic nitrogens is 2. The van der Waals surface area contributed by atoms with Gasteiger partial charge in [0.2, 0.25) is 5.91 Å². The van der Waals surface area contributed by atoms with Crippen LogP contribution in [-0.2, 0) is 11.2 Å². The van der Waals surface area contributed by atoms with Gasteiger partial charge in [0.1, 0.15) is 11.5 Å². The van der Waals surface area contributed by atoms with Gasteiger partial charge in [-0.2, -0.15) is 0 Å². The number of thiazole rings is 1. The second kappa shape index (κ2) is 7.74.